The number of nitrogens with zero attached hydrogens (tertiary/aromatic N) is 2. The summed E-state index contributed by atoms with van der Waals surface area (Å²) in [6, 6.07) is 9.68. The van der Waals surface area contributed by atoms with E-state index in [2.05, 4.69) is 31.0 Å². The van der Waals surface area contributed by atoms with Crippen LogP contribution < -0.4 is 5.32 Å². The number of amides is 2. The third-order valence-electron chi connectivity index (χ3n) is 5.12. The molecular formula is C21H32ClN3O3. The summed E-state index contributed by atoms with van der Waals surface area (Å²) in [5.41, 5.74) is 1.07. The molecule has 28 heavy (non-hydrogen) atoms. The number of hydrogen-bond acceptors (Lipinski definition) is 4. The lowest BCUT2D eigenvalue weighted by Crippen LogP contribution is -2.53. The maximum absolute atomic E-state index is 12.3. The Labute approximate surface area is 173 Å². The Morgan fingerprint density at radius 1 is 1.21 bits per heavy atom. The third kappa shape index (κ3) is 6.99. The number of piperidine rings is 1. The molecule has 0 bridgehead atoms. The molecule has 1 fully saturated rings. The number of rotatable bonds is 7. The van der Waals surface area contributed by atoms with Gasteiger partial charge in [-0.2, -0.15) is 0 Å². The number of benzene rings is 1. The van der Waals surface area contributed by atoms with Crippen LogP contribution in [0.25, 0.3) is 0 Å². The molecule has 1 aliphatic rings. The van der Waals surface area contributed by atoms with E-state index in [1.54, 1.807) is 0 Å². The highest BCUT2D eigenvalue weighted by atomic mass is 35.5. The van der Waals surface area contributed by atoms with Crippen molar-refractivity contribution < 1.29 is 14.3 Å². The van der Waals surface area contributed by atoms with Crippen LogP contribution >= 0.6 is 11.6 Å². The lowest BCUT2D eigenvalue weighted by molar-refractivity contribution is -0.132. The lowest BCUT2D eigenvalue weighted by atomic mass is 9.97. The fourth-order valence-corrected chi connectivity index (χ4v) is 3.64. The Balaban J connectivity index is 1.78. The van der Waals surface area contributed by atoms with Gasteiger partial charge in [-0.1, -0.05) is 30.3 Å². The van der Waals surface area contributed by atoms with E-state index in [9.17, 15) is 9.59 Å². The van der Waals surface area contributed by atoms with Gasteiger partial charge in [-0.05, 0) is 39.2 Å². The smallest absolute Gasteiger partial charge is 0.407 e. The molecule has 1 N–H and O–H groups in total. The first-order valence-corrected chi connectivity index (χ1v) is 10.4. The summed E-state index contributed by atoms with van der Waals surface area (Å²) >= 11 is 5.81. The molecule has 7 heteroatoms. The van der Waals surface area contributed by atoms with Crippen LogP contribution in [0.1, 0.15) is 39.2 Å². The molecule has 0 saturated carbocycles. The van der Waals surface area contributed by atoms with Crippen molar-refractivity contribution >= 4 is 23.6 Å². The molecule has 0 radical (unpaired) electrons. The minimum absolute atomic E-state index is 0.0437. The van der Waals surface area contributed by atoms with Gasteiger partial charge in [-0.15, -0.1) is 11.6 Å². The van der Waals surface area contributed by atoms with Crippen LogP contribution in [-0.4, -0.2) is 65.4 Å². The van der Waals surface area contributed by atoms with Gasteiger partial charge in [0.05, 0.1) is 0 Å². The highest BCUT2D eigenvalue weighted by Gasteiger charge is 2.31. The quantitative estimate of drug-likeness (QED) is 0.702. The number of carbonyl (C=O) groups is 2. The van der Waals surface area contributed by atoms with E-state index in [1.807, 2.05) is 35.2 Å². The van der Waals surface area contributed by atoms with E-state index < -0.39 is 6.09 Å². The van der Waals surface area contributed by atoms with Crippen LogP contribution in [0.2, 0.25) is 0 Å². The minimum Gasteiger partial charge on any atom is -0.445 e. The van der Waals surface area contributed by atoms with Crippen LogP contribution in [0.4, 0.5) is 4.79 Å². The Morgan fingerprint density at radius 3 is 2.43 bits per heavy atom. The monoisotopic (exact) mass is 409 g/mol. The maximum atomic E-state index is 12.3. The van der Waals surface area contributed by atoms with Crippen molar-refractivity contribution in [2.45, 2.75) is 51.8 Å². The van der Waals surface area contributed by atoms with Crippen LogP contribution in [0.5, 0.6) is 0 Å². The average Bonchev–Trinajstić information content (AvgIpc) is 2.69. The summed E-state index contributed by atoms with van der Waals surface area (Å²) in [5, 5.41) is 2.73. The highest BCUT2D eigenvalue weighted by molar-refractivity contribution is 6.27. The number of carbonyl (C=O) groups excluding carboxylic acids is 2. The molecule has 0 unspecified atom stereocenters. The average molecular weight is 410 g/mol. The van der Waals surface area contributed by atoms with Crippen LogP contribution in [0.15, 0.2) is 30.3 Å². The maximum Gasteiger partial charge on any atom is 0.407 e. The first kappa shape index (κ1) is 22.5. The van der Waals surface area contributed by atoms with Gasteiger partial charge in [0.25, 0.3) is 0 Å². The Bertz CT molecular complexity index is 626. The van der Waals surface area contributed by atoms with Gasteiger partial charge in [-0.25, -0.2) is 4.79 Å². The first-order chi connectivity index (χ1) is 13.3. The lowest BCUT2D eigenvalue weighted by Gasteiger charge is -2.43. The van der Waals surface area contributed by atoms with E-state index in [4.69, 9.17) is 16.3 Å². The fourth-order valence-electron chi connectivity index (χ4n) is 3.49. The summed E-state index contributed by atoms with van der Waals surface area (Å²) in [4.78, 5) is 28.5. The number of alkyl carbamates (subject to hydrolysis) is 1. The summed E-state index contributed by atoms with van der Waals surface area (Å²) in [7, 11) is 0. The summed E-state index contributed by atoms with van der Waals surface area (Å²) in [6.45, 7) is 9.53. The largest absolute Gasteiger partial charge is 0.445 e. The third-order valence-corrected chi connectivity index (χ3v) is 5.35. The fraction of sp³-hybridized carbons (Fsp3) is 0.619. The summed E-state index contributed by atoms with van der Waals surface area (Å²) in [6.07, 6.45) is 1.35. The predicted octanol–water partition coefficient (Wildman–Crippen LogP) is 3.24. The second-order valence-electron chi connectivity index (χ2n) is 8.10. The predicted molar refractivity (Wildman–Crippen MR) is 111 cm³/mol. The second-order valence-corrected chi connectivity index (χ2v) is 8.37. The molecular weight excluding hydrogens is 378 g/mol. The molecule has 0 atom stereocenters. The van der Waals surface area contributed by atoms with Crippen LogP contribution in [0, 0.1) is 0 Å². The molecule has 156 valence electrons. The molecule has 1 aromatic rings. The van der Waals surface area contributed by atoms with Crippen molar-refractivity contribution in [2.24, 2.45) is 0 Å². The molecule has 2 amide bonds. The van der Waals surface area contributed by atoms with E-state index >= 15 is 0 Å². The number of alkyl halides is 1. The van der Waals surface area contributed by atoms with Crippen molar-refractivity contribution in [3.8, 4) is 0 Å². The molecule has 6 nitrogen and oxygen atoms in total. The van der Waals surface area contributed by atoms with Gasteiger partial charge in [0.1, 0.15) is 12.5 Å². The number of nitrogens with one attached hydrogen (secondary N) is 1. The number of halogens is 1. The Kier molecular flexibility index (Phi) is 8.58. The van der Waals surface area contributed by atoms with Gasteiger partial charge >= 0.3 is 6.09 Å². The Hall–Kier alpha value is -1.79. The van der Waals surface area contributed by atoms with E-state index in [0.717, 1.165) is 31.5 Å². The van der Waals surface area contributed by atoms with Crippen LogP contribution in [0.3, 0.4) is 0 Å². The van der Waals surface area contributed by atoms with Crippen molar-refractivity contribution in [3.63, 3.8) is 0 Å². The molecule has 1 aromatic carbocycles. The first-order valence-electron chi connectivity index (χ1n) is 9.86. The minimum atomic E-state index is -0.482. The van der Waals surface area contributed by atoms with Gasteiger partial charge in [-0.3, -0.25) is 9.69 Å². The number of ether oxygens (including phenoxy) is 1. The van der Waals surface area contributed by atoms with Gasteiger partial charge in [0.15, 0.2) is 0 Å². The highest BCUT2D eigenvalue weighted by Crippen LogP contribution is 2.23. The zero-order valence-corrected chi connectivity index (χ0v) is 17.9. The number of hydrogen-bond donors (Lipinski definition) is 1. The zero-order valence-electron chi connectivity index (χ0n) is 17.1. The topological polar surface area (TPSA) is 61.9 Å². The molecule has 0 spiro atoms. The molecule has 0 aromatic heterocycles. The van der Waals surface area contributed by atoms with E-state index in [1.165, 1.54) is 0 Å². The normalized spacial score (nSPS) is 15.9. The molecule has 1 saturated heterocycles. The van der Waals surface area contributed by atoms with Crippen molar-refractivity contribution in [1.82, 2.24) is 15.1 Å². The second kappa shape index (κ2) is 10.7. The van der Waals surface area contributed by atoms with Crippen LogP contribution in [-0.2, 0) is 16.1 Å². The summed E-state index contributed by atoms with van der Waals surface area (Å²) < 4.78 is 5.21. The molecule has 1 aliphatic heterocycles. The molecule has 0 aliphatic carbocycles. The van der Waals surface area contributed by atoms with Gasteiger partial charge in [0.2, 0.25) is 5.91 Å². The number of likely N-dealkylation sites (tertiary alicyclic amines) is 1. The Morgan fingerprint density at radius 2 is 1.86 bits per heavy atom. The van der Waals surface area contributed by atoms with Gasteiger partial charge in [0, 0.05) is 37.8 Å². The molecule has 2 rings (SSSR count). The summed E-state index contributed by atoms with van der Waals surface area (Å²) in [5.74, 6) is -0.131. The van der Waals surface area contributed by atoms with Crippen molar-refractivity contribution in [2.75, 3.05) is 32.1 Å². The van der Waals surface area contributed by atoms with Crippen molar-refractivity contribution in [3.05, 3.63) is 35.9 Å². The molecule has 1 heterocycles. The SMILES string of the molecule is CC(C)(C)N1CCC(N(CCNC(=O)OCc2ccccc2)C(=O)CCl)CC1. The standard InChI is InChI=1S/C21H32ClN3O3/c1-21(2,3)24-12-9-18(10-13-24)25(19(26)15-22)14-11-23-20(27)28-16-17-7-5-4-6-8-17/h4-8,18H,9-16H2,1-3H3,(H,23,27). The zero-order chi connectivity index (χ0) is 20.6. The van der Waals surface area contributed by atoms with E-state index in [0.29, 0.717) is 13.1 Å². The van der Waals surface area contributed by atoms with Gasteiger partial charge < -0.3 is 15.0 Å². The van der Waals surface area contributed by atoms with Crippen molar-refractivity contribution in [1.29, 1.82) is 0 Å². The van der Waals surface area contributed by atoms with E-state index in [-0.39, 0.29) is 30.0 Å².